The van der Waals surface area contributed by atoms with Crippen LogP contribution < -0.4 is 11.1 Å². The molecule has 19 heavy (non-hydrogen) atoms. The van der Waals surface area contributed by atoms with Crippen LogP contribution in [-0.4, -0.2) is 28.9 Å². The molecular weight excluding hydrogens is 264 g/mol. The highest BCUT2D eigenvalue weighted by Crippen LogP contribution is 2.39. The molecule has 0 radical (unpaired) electrons. The standard InChI is InChI=1S/C11H14F4N4/c1-5-7(16)18-9(6-2-3-6)19-8(5)17-4-11(14,15)10(12)13/h6,10H,2-4H2,1H3,(H3,16,17,18,19). The van der Waals surface area contributed by atoms with Crippen molar-refractivity contribution in [1.29, 1.82) is 0 Å². The van der Waals surface area contributed by atoms with Gasteiger partial charge in [-0.05, 0) is 19.8 Å². The minimum absolute atomic E-state index is 0.0923. The van der Waals surface area contributed by atoms with Crippen molar-refractivity contribution in [2.75, 3.05) is 17.6 Å². The van der Waals surface area contributed by atoms with Crippen LogP contribution in [0.25, 0.3) is 0 Å². The van der Waals surface area contributed by atoms with Crippen molar-refractivity contribution in [3.05, 3.63) is 11.4 Å². The molecule has 0 aromatic carbocycles. The summed E-state index contributed by atoms with van der Waals surface area (Å²) in [6.07, 6.45) is -1.87. The van der Waals surface area contributed by atoms with E-state index in [1.54, 1.807) is 6.92 Å². The number of anilines is 2. The van der Waals surface area contributed by atoms with E-state index in [2.05, 4.69) is 15.3 Å². The number of nitrogens with zero attached hydrogens (tertiary/aromatic N) is 2. The van der Waals surface area contributed by atoms with Gasteiger partial charge in [0.2, 0.25) is 0 Å². The molecule has 0 aliphatic heterocycles. The zero-order valence-electron chi connectivity index (χ0n) is 10.3. The Morgan fingerprint density at radius 1 is 1.37 bits per heavy atom. The van der Waals surface area contributed by atoms with Gasteiger partial charge >= 0.3 is 12.3 Å². The third-order valence-corrected chi connectivity index (χ3v) is 2.95. The number of hydrogen-bond donors (Lipinski definition) is 2. The van der Waals surface area contributed by atoms with E-state index in [1.165, 1.54) is 0 Å². The van der Waals surface area contributed by atoms with Crippen LogP contribution in [0.15, 0.2) is 0 Å². The molecular formula is C11H14F4N4. The van der Waals surface area contributed by atoms with Gasteiger partial charge in [0.25, 0.3) is 0 Å². The number of hydrogen-bond acceptors (Lipinski definition) is 4. The molecule has 0 atom stereocenters. The molecule has 0 bridgehead atoms. The van der Waals surface area contributed by atoms with Gasteiger partial charge in [0.15, 0.2) is 0 Å². The van der Waals surface area contributed by atoms with Crippen molar-refractivity contribution in [3.63, 3.8) is 0 Å². The molecule has 106 valence electrons. The summed E-state index contributed by atoms with van der Waals surface area (Å²) in [4.78, 5) is 8.14. The van der Waals surface area contributed by atoms with Gasteiger partial charge in [-0.1, -0.05) is 0 Å². The summed E-state index contributed by atoms with van der Waals surface area (Å²) in [7, 11) is 0. The summed E-state index contributed by atoms with van der Waals surface area (Å²) in [5.41, 5.74) is 6.04. The highest BCUT2D eigenvalue weighted by atomic mass is 19.3. The number of nitrogen functional groups attached to an aromatic ring is 1. The number of nitrogens with one attached hydrogen (secondary N) is 1. The van der Waals surface area contributed by atoms with Crippen LogP contribution in [0.4, 0.5) is 29.2 Å². The second-order valence-corrected chi connectivity index (χ2v) is 4.63. The molecule has 1 aromatic heterocycles. The molecule has 0 amide bonds. The Morgan fingerprint density at radius 3 is 2.53 bits per heavy atom. The maximum Gasteiger partial charge on any atom is 0.324 e. The van der Waals surface area contributed by atoms with Gasteiger partial charge in [-0.25, -0.2) is 18.7 Å². The molecule has 4 nitrogen and oxygen atoms in total. The quantitative estimate of drug-likeness (QED) is 0.812. The van der Waals surface area contributed by atoms with Crippen molar-refractivity contribution >= 4 is 11.6 Å². The van der Waals surface area contributed by atoms with Gasteiger partial charge in [-0.2, -0.15) is 8.78 Å². The van der Waals surface area contributed by atoms with E-state index in [0.29, 0.717) is 11.4 Å². The van der Waals surface area contributed by atoms with Crippen LogP contribution in [-0.2, 0) is 0 Å². The van der Waals surface area contributed by atoms with Crippen molar-refractivity contribution < 1.29 is 17.6 Å². The summed E-state index contributed by atoms with van der Waals surface area (Å²) < 4.78 is 49.8. The average molecular weight is 278 g/mol. The van der Waals surface area contributed by atoms with Gasteiger partial charge in [-0.15, -0.1) is 0 Å². The Balaban J connectivity index is 2.15. The number of aromatic nitrogens is 2. The minimum Gasteiger partial charge on any atom is -0.383 e. The molecule has 2 rings (SSSR count). The molecule has 0 spiro atoms. The average Bonchev–Trinajstić information content (AvgIpc) is 3.14. The van der Waals surface area contributed by atoms with E-state index in [0.717, 1.165) is 12.8 Å². The lowest BCUT2D eigenvalue weighted by Gasteiger charge is -2.18. The second-order valence-electron chi connectivity index (χ2n) is 4.63. The number of halogens is 4. The van der Waals surface area contributed by atoms with Gasteiger partial charge in [0, 0.05) is 11.5 Å². The Bertz CT molecular complexity index is 474. The minimum atomic E-state index is -4.11. The van der Waals surface area contributed by atoms with Gasteiger partial charge in [0.05, 0.1) is 6.54 Å². The van der Waals surface area contributed by atoms with Gasteiger partial charge < -0.3 is 11.1 Å². The van der Waals surface area contributed by atoms with Crippen molar-refractivity contribution in [2.45, 2.75) is 38.0 Å². The Morgan fingerprint density at radius 2 is 2.00 bits per heavy atom. The van der Waals surface area contributed by atoms with E-state index >= 15 is 0 Å². The fourth-order valence-electron chi connectivity index (χ4n) is 1.53. The highest BCUT2D eigenvalue weighted by molar-refractivity contribution is 5.55. The van der Waals surface area contributed by atoms with Crippen LogP contribution in [0.5, 0.6) is 0 Å². The highest BCUT2D eigenvalue weighted by Gasteiger charge is 2.40. The predicted molar refractivity (Wildman–Crippen MR) is 62.6 cm³/mol. The predicted octanol–water partition coefficient (Wildman–Crippen LogP) is 2.56. The third-order valence-electron chi connectivity index (χ3n) is 2.95. The summed E-state index contributed by atoms with van der Waals surface area (Å²) in [6.45, 7) is 0.362. The van der Waals surface area contributed by atoms with E-state index in [9.17, 15) is 17.6 Å². The van der Waals surface area contributed by atoms with Crippen LogP contribution >= 0.6 is 0 Å². The summed E-state index contributed by atoms with van der Waals surface area (Å²) in [5, 5.41) is 2.24. The maximum atomic E-state index is 12.8. The summed E-state index contributed by atoms with van der Waals surface area (Å²) in [5.74, 6) is -3.16. The normalized spacial score (nSPS) is 15.9. The molecule has 1 saturated carbocycles. The number of rotatable bonds is 5. The Hall–Kier alpha value is -1.60. The maximum absolute atomic E-state index is 12.8. The zero-order valence-corrected chi connectivity index (χ0v) is 10.3. The molecule has 1 heterocycles. The smallest absolute Gasteiger partial charge is 0.324 e. The fraction of sp³-hybridized carbons (Fsp3) is 0.636. The van der Waals surface area contributed by atoms with Crippen LogP contribution in [0.1, 0.15) is 30.1 Å². The van der Waals surface area contributed by atoms with E-state index in [1.807, 2.05) is 0 Å². The van der Waals surface area contributed by atoms with Gasteiger partial charge in [-0.3, -0.25) is 0 Å². The van der Waals surface area contributed by atoms with Crippen molar-refractivity contribution in [1.82, 2.24) is 9.97 Å². The second kappa shape index (κ2) is 4.82. The first-order valence-corrected chi connectivity index (χ1v) is 5.85. The first kappa shape index (κ1) is 13.8. The largest absolute Gasteiger partial charge is 0.383 e. The molecule has 1 fully saturated rings. The molecule has 1 aromatic rings. The summed E-state index contributed by atoms with van der Waals surface area (Å²) >= 11 is 0. The third kappa shape index (κ3) is 3.05. The molecule has 1 aliphatic rings. The Labute approximate surface area is 107 Å². The molecule has 0 unspecified atom stereocenters. The van der Waals surface area contributed by atoms with Crippen LogP contribution in [0.3, 0.4) is 0 Å². The lowest BCUT2D eigenvalue weighted by molar-refractivity contribution is -0.117. The van der Waals surface area contributed by atoms with E-state index < -0.39 is 18.9 Å². The number of alkyl halides is 4. The van der Waals surface area contributed by atoms with Crippen LogP contribution in [0.2, 0.25) is 0 Å². The van der Waals surface area contributed by atoms with Gasteiger partial charge in [0.1, 0.15) is 17.5 Å². The topological polar surface area (TPSA) is 63.8 Å². The van der Waals surface area contributed by atoms with Crippen molar-refractivity contribution in [2.24, 2.45) is 0 Å². The van der Waals surface area contributed by atoms with Crippen molar-refractivity contribution in [3.8, 4) is 0 Å². The van der Waals surface area contributed by atoms with E-state index in [4.69, 9.17) is 5.73 Å². The molecule has 3 N–H and O–H groups in total. The molecule has 8 heteroatoms. The van der Waals surface area contributed by atoms with E-state index in [-0.39, 0.29) is 17.6 Å². The molecule has 1 aliphatic carbocycles. The fourth-order valence-corrected chi connectivity index (χ4v) is 1.53. The Kier molecular flexibility index (Phi) is 3.51. The lowest BCUT2D eigenvalue weighted by atomic mass is 10.2. The van der Waals surface area contributed by atoms with Crippen LogP contribution in [0, 0.1) is 6.92 Å². The monoisotopic (exact) mass is 278 g/mol. The zero-order chi connectivity index (χ0) is 14.2. The number of nitrogens with two attached hydrogens (primary N) is 1. The molecule has 0 saturated heterocycles. The first-order valence-electron chi connectivity index (χ1n) is 5.85. The SMILES string of the molecule is Cc1c(N)nc(C2CC2)nc1NCC(F)(F)C(F)F. The lowest BCUT2D eigenvalue weighted by Crippen LogP contribution is -2.35. The summed E-state index contributed by atoms with van der Waals surface area (Å²) in [6, 6.07) is 0. The first-order chi connectivity index (χ1) is 8.81.